The number of aromatic nitrogens is 3. The summed E-state index contributed by atoms with van der Waals surface area (Å²) in [6.07, 6.45) is 4.45. The standard InChI is InChI=1S/C28H28N6O3/c1-36-21-9-7-20(8-10-21)30-27-26-22(17-19(18-23(26)35)24-5-4-16-37-24)31-28(32-27)34-14-12-33(13-15-34)25-6-2-3-11-29-25/h2-11,16,19H,12-15,17-18H2,1H3,(H,30,31,32). The van der Waals surface area contributed by atoms with Crippen molar-refractivity contribution in [1.29, 1.82) is 0 Å². The summed E-state index contributed by atoms with van der Waals surface area (Å²) in [6.45, 7) is 3.14. The number of hydrogen-bond donors (Lipinski definition) is 1. The molecule has 0 bridgehead atoms. The Labute approximate surface area is 215 Å². The maximum Gasteiger partial charge on any atom is 0.227 e. The second-order valence-electron chi connectivity index (χ2n) is 9.25. The van der Waals surface area contributed by atoms with Gasteiger partial charge in [0.1, 0.15) is 23.1 Å². The van der Waals surface area contributed by atoms with E-state index < -0.39 is 0 Å². The van der Waals surface area contributed by atoms with Gasteiger partial charge in [-0.05, 0) is 48.5 Å². The lowest BCUT2D eigenvalue weighted by molar-refractivity contribution is 0.0959. The first-order chi connectivity index (χ1) is 18.2. The number of fused-ring (bicyclic) bond motifs is 1. The minimum Gasteiger partial charge on any atom is -0.497 e. The number of carbonyl (C=O) groups excluding carboxylic acids is 1. The highest BCUT2D eigenvalue weighted by atomic mass is 16.5. The highest BCUT2D eigenvalue weighted by Gasteiger charge is 2.33. The largest absolute Gasteiger partial charge is 0.497 e. The second-order valence-corrected chi connectivity index (χ2v) is 9.25. The van der Waals surface area contributed by atoms with Crippen molar-refractivity contribution in [2.24, 2.45) is 0 Å². The van der Waals surface area contributed by atoms with Gasteiger partial charge < -0.3 is 24.3 Å². The number of piperazine rings is 1. The molecule has 1 atom stereocenters. The molecule has 0 amide bonds. The van der Waals surface area contributed by atoms with Crippen LogP contribution in [0.15, 0.2) is 71.5 Å². The van der Waals surface area contributed by atoms with Gasteiger partial charge in [0.25, 0.3) is 0 Å². The van der Waals surface area contributed by atoms with Crippen molar-refractivity contribution in [3.8, 4) is 5.75 Å². The maximum atomic E-state index is 13.4. The van der Waals surface area contributed by atoms with E-state index in [1.165, 1.54) is 0 Å². The van der Waals surface area contributed by atoms with E-state index >= 15 is 0 Å². The number of ether oxygens (including phenoxy) is 1. The lowest BCUT2D eigenvalue weighted by atomic mass is 9.84. The Hall–Kier alpha value is -4.40. The van der Waals surface area contributed by atoms with E-state index in [1.807, 2.05) is 60.8 Å². The van der Waals surface area contributed by atoms with Crippen LogP contribution in [0.2, 0.25) is 0 Å². The number of nitrogens with zero attached hydrogens (tertiary/aromatic N) is 5. The molecule has 9 heteroatoms. The first kappa shape index (κ1) is 23.0. The van der Waals surface area contributed by atoms with E-state index in [0.29, 0.717) is 30.2 Å². The molecular weight excluding hydrogens is 468 g/mol. The number of carbonyl (C=O) groups is 1. The highest BCUT2D eigenvalue weighted by molar-refractivity contribution is 6.03. The summed E-state index contributed by atoms with van der Waals surface area (Å²) in [5, 5.41) is 3.38. The number of Topliss-reactive ketones (excluding diaryl/α,β-unsaturated/α-hetero) is 1. The van der Waals surface area contributed by atoms with Gasteiger partial charge in [-0.15, -0.1) is 0 Å². The third-order valence-corrected chi connectivity index (χ3v) is 6.96. The molecule has 1 N–H and O–H groups in total. The van der Waals surface area contributed by atoms with Crippen LogP contribution in [-0.2, 0) is 6.42 Å². The number of anilines is 4. The fourth-order valence-electron chi connectivity index (χ4n) is 5.01. The second kappa shape index (κ2) is 9.93. The number of rotatable bonds is 6. The van der Waals surface area contributed by atoms with E-state index in [9.17, 15) is 4.79 Å². The Morgan fingerprint density at radius 1 is 0.946 bits per heavy atom. The van der Waals surface area contributed by atoms with Crippen molar-refractivity contribution < 1.29 is 13.9 Å². The van der Waals surface area contributed by atoms with E-state index in [4.69, 9.17) is 19.1 Å². The fraction of sp³-hybridized carbons (Fsp3) is 0.286. The zero-order valence-electron chi connectivity index (χ0n) is 20.6. The Bertz CT molecular complexity index is 1370. The molecule has 0 saturated carbocycles. The van der Waals surface area contributed by atoms with Gasteiger partial charge in [0.2, 0.25) is 5.95 Å². The Morgan fingerprint density at radius 2 is 1.76 bits per heavy atom. The molecule has 37 heavy (non-hydrogen) atoms. The van der Waals surface area contributed by atoms with E-state index in [1.54, 1.807) is 13.4 Å². The first-order valence-electron chi connectivity index (χ1n) is 12.5. The number of nitrogens with one attached hydrogen (secondary N) is 1. The topological polar surface area (TPSA) is 96.6 Å². The molecule has 1 aromatic carbocycles. The lowest BCUT2D eigenvalue weighted by Gasteiger charge is -2.36. The van der Waals surface area contributed by atoms with Gasteiger partial charge >= 0.3 is 0 Å². The zero-order valence-corrected chi connectivity index (χ0v) is 20.6. The van der Waals surface area contributed by atoms with E-state index in [2.05, 4.69) is 20.1 Å². The highest BCUT2D eigenvalue weighted by Crippen LogP contribution is 2.37. The number of methoxy groups -OCH3 is 1. The van der Waals surface area contributed by atoms with Crippen molar-refractivity contribution in [2.75, 3.05) is 48.4 Å². The van der Waals surface area contributed by atoms with Crippen molar-refractivity contribution in [1.82, 2.24) is 15.0 Å². The van der Waals surface area contributed by atoms with Crippen molar-refractivity contribution in [3.63, 3.8) is 0 Å². The Morgan fingerprint density at radius 3 is 2.46 bits per heavy atom. The van der Waals surface area contributed by atoms with Crippen LogP contribution in [0.1, 0.15) is 34.2 Å². The van der Waals surface area contributed by atoms with Crippen molar-refractivity contribution in [3.05, 3.63) is 84.1 Å². The average Bonchev–Trinajstić information content (AvgIpc) is 3.49. The van der Waals surface area contributed by atoms with Crippen LogP contribution in [0.25, 0.3) is 0 Å². The molecule has 6 rings (SSSR count). The zero-order chi connectivity index (χ0) is 25.2. The number of pyridine rings is 1. The van der Waals surface area contributed by atoms with Crippen LogP contribution in [0.3, 0.4) is 0 Å². The lowest BCUT2D eigenvalue weighted by Crippen LogP contribution is -2.47. The molecule has 1 aliphatic carbocycles. The third-order valence-electron chi connectivity index (χ3n) is 6.96. The number of furan rings is 1. The predicted molar refractivity (Wildman–Crippen MR) is 141 cm³/mol. The van der Waals surface area contributed by atoms with Gasteiger partial charge in [-0.25, -0.2) is 9.97 Å². The van der Waals surface area contributed by atoms with Gasteiger partial charge in [0, 0.05) is 56.8 Å². The summed E-state index contributed by atoms with van der Waals surface area (Å²) >= 11 is 0. The number of benzene rings is 1. The van der Waals surface area contributed by atoms with Crippen LogP contribution < -0.4 is 19.9 Å². The molecule has 1 unspecified atom stereocenters. The first-order valence-corrected chi connectivity index (χ1v) is 12.5. The molecule has 2 aliphatic rings. The molecule has 9 nitrogen and oxygen atoms in total. The molecular formula is C28H28N6O3. The summed E-state index contributed by atoms with van der Waals surface area (Å²) in [5.74, 6) is 3.70. The van der Waals surface area contributed by atoms with Crippen molar-refractivity contribution in [2.45, 2.75) is 18.8 Å². The Kier molecular flexibility index (Phi) is 6.18. The summed E-state index contributed by atoms with van der Waals surface area (Å²) in [5.41, 5.74) is 2.15. The molecule has 4 aromatic rings. The summed E-state index contributed by atoms with van der Waals surface area (Å²) in [7, 11) is 1.64. The molecule has 4 heterocycles. The SMILES string of the molecule is COc1ccc(Nc2nc(N3CCN(c4ccccn4)CC3)nc3c2C(=O)CC(c2ccco2)C3)cc1. The smallest absolute Gasteiger partial charge is 0.227 e. The van der Waals surface area contributed by atoms with Crippen LogP contribution in [0.5, 0.6) is 5.75 Å². The summed E-state index contributed by atoms with van der Waals surface area (Å²) in [6, 6.07) is 17.3. The number of ketones is 1. The summed E-state index contributed by atoms with van der Waals surface area (Å²) in [4.78, 5) is 32.1. The quantitative estimate of drug-likeness (QED) is 0.415. The van der Waals surface area contributed by atoms with Crippen LogP contribution >= 0.6 is 0 Å². The van der Waals surface area contributed by atoms with E-state index in [0.717, 1.165) is 54.9 Å². The maximum absolute atomic E-state index is 13.4. The molecule has 188 valence electrons. The third kappa shape index (κ3) is 4.72. The molecule has 0 radical (unpaired) electrons. The monoisotopic (exact) mass is 496 g/mol. The van der Waals surface area contributed by atoms with Gasteiger partial charge in [0.05, 0.1) is 24.6 Å². The molecule has 0 spiro atoms. The van der Waals surface area contributed by atoms with Gasteiger partial charge in [-0.1, -0.05) is 6.07 Å². The van der Waals surface area contributed by atoms with Crippen LogP contribution in [0, 0.1) is 0 Å². The summed E-state index contributed by atoms with van der Waals surface area (Å²) < 4.78 is 10.9. The van der Waals surface area contributed by atoms with Crippen molar-refractivity contribution >= 4 is 29.1 Å². The van der Waals surface area contributed by atoms with Gasteiger partial charge in [0.15, 0.2) is 5.78 Å². The fourth-order valence-corrected chi connectivity index (χ4v) is 5.01. The van der Waals surface area contributed by atoms with Gasteiger partial charge in [-0.3, -0.25) is 4.79 Å². The van der Waals surface area contributed by atoms with Crippen LogP contribution in [-0.4, -0.2) is 54.0 Å². The van der Waals surface area contributed by atoms with E-state index in [-0.39, 0.29) is 11.7 Å². The minimum atomic E-state index is -0.0346. The molecule has 1 aliphatic heterocycles. The normalized spacial score (nSPS) is 17.4. The average molecular weight is 497 g/mol. The molecule has 3 aromatic heterocycles. The molecule has 1 saturated heterocycles. The molecule has 1 fully saturated rings. The Balaban J connectivity index is 1.31. The number of hydrogen-bond acceptors (Lipinski definition) is 9. The van der Waals surface area contributed by atoms with Crippen LogP contribution in [0.4, 0.5) is 23.3 Å². The van der Waals surface area contributed by atoms with Gasteiger partial charge in [-0.2, -0.15) is 4.98 Å². The minimum absolute atomic E-state index is 0.0187. The predicted octanol–water partition coefficient (Wildman–Crippen LogP) is 4.46.